The summed E-state index contributed by atoms with van der Waals surface area (Å²) >= 11 is 0. The largest absolute Gasteiger partial charge is 0.346 e. The summed E-state index contributed by atoms with van der Waals surface area (Å²) < 4.78 is 0. The first-order chi connectivity index (χ1) is 13.7. The van der Waals surface area contributed by atoms with E-state index in [9.17, 15) is 4.79 Å². The summed E-state index contributed by atoms with van der Waals surface area (Å²) in [7, 11) is 0. The monoisotopic (exact) mass is 375 g/mol. The number of carbonyl (C=O) groups excluding carboxylic acids is 1. The molecule has 1 aromatic carbocycles. The second-order valence-corrected chi connectivity index (χ2v) is 7.35. The van der Waals surface area contributed by atoms with Gasteiger partial charge in [0.1, 0.15) is 0 Å². The molecule has 0 saturated heterocycles. The predicted molar refractivity (Wildman–Crippen MR) is 107 cm³/mol. The molecule has 5 rings (SSSR count). The Morgan fingerprint density at radius 2 is 1.93 bits per heavy atom. The third-order valence-electron chi connectivity index (χ3n) is 5.00. The van der Waals surface area contributed by atoms with Gasteiger partial charge in [0.05, 0.1) is 22.2 Å². The minimum atomic E-state index is -0.245. The molecule has 0 unspecified atom stereocenters. The van der Waals surface area contributed by atoms with Crippen LogP contribution in [0.3, 0.4) is 0 Å². The standard InChI is InChI=1S/C20H21N7O/c1-11(10-22-13-2-3-13)23-20(28)19-24-16-8-14-15(9-17(16)25-19)26-27-18(14)12-4-6-21-7-5-12/h4-9,11,13,22,26-27H,2-3,10H2,1H3,(H,23,28)/t11-/m1/s1. The van der Waals surface area contributed by atoms with Crippen LogP contribution in [0.25, 0.3) is 33.2 Å². The van der Waals surface area contributed by atoms with Crippen LogP contribution in [-0.4, -0.2) is 49.7 Å². The van der Waals surface area contributed by atoms with Crippen molar-refractivity contribution in [2.45, 2.75) is 31.8 Å². The number of nitrogens with zero attached hydrogens (tertiary/aromatic N) is 3. The number of hydrogen-bond donors (Lipinski definition) is 4. The van der Waals surface area contributed by atoms with Gasteiger partial charge in [-0.3, -0.25) is 14.9 Å². The van der Waals surface area contributed by atoms with Crippen molar-refractivity contribution < 1.29 is 4.79 Å². The van der Waals surface area contributed by atoms with Crippen LogP contribution in [0.5, 0.6) is 0 Å². The Bertz CT molecular complexity index is 1140. The van der Waals surface area contributed by atoms with Gasteiger partial charge in [-0.1, -0.05) is 0 Å². The topological polar surface area (TPSA) is 111 Å². The van der Waals surface area contributed by atoms with E-state index < -0.39 is 0 Å². The normalized spacial score (nSPS) is 15.2. The number of aromatic amines is 2. The first-order valence-corrected chi connectivity index (χ1v) is 9.50. The van der Waals surface area contributed by atoms with E-state index in [1.54, 1.807) is 12.4 Å². The van der Waals surface area contributed by atoms with E-state index >= 15 is 0 Å². The van der Waals surface area contributed by atoms with Crippen molar-refractivity contribution in [3.63, 3.8) is 0 Å². The lowest BCUT2D eigenvalue weighted by atomic mass is 10.1. The highest BCUT2D eigenvalue weighted by molar-refractivity contribution is 6.02. The van der Waals surface area contributed by atoms with Crippen LogP contribution in [0.2, 0.25) is 0 Å². The molecule has 1 aliphatic rings. The lowest BCUT2D eigenvalue weighted by Gasteiger charge is -2.13. The van der Waals surface area contributed by atoms with Crippen LogP contribution in [-0.2, 0) is 0 Å². The molecule has 142 valence electrons. The number of benzene rings is 1. The van der Waals surface area contributed by atoms with Crippen molar-refractivity contribution in [3.05, 3.63) is 42.5 Å². The maximum atomic E-state index is 12.5. The summed E-state index contributed by atoms with van der Waals surface area (Å²) in [6, 6.07) is 8.39. The van der Waals surface area contributed by atoms with Gasteiger partial charge in [-0.15, -0.1) is 0 Å². The number of H-pyrrole nitrogens is 2. The second-order valence-electron chi connectivity index (χ2n) is 7.35. The Morgan fingerprint density at radius 3 is 2.68 bits per heavy atom. The number of amides is 1. The van der Waals surface area contributed by atoms with Gasteiger partial charge in [0.15, 0.2) is 0 Å². The molecular formula is C20H21N7O. The molecular weight excluding hydrogens is 354 g/mol. The van der Waals surface area contributed by atoms with Crippen molar-refractivity contribution in [1.29, 1.82) is 0 Å². The van der Waals surface area contributed by atoms with Crippen LogP contribution >= 0.6 is 0 Å². The zero-order valence-electron chi connectivity index (χ0n) is 15.5. The lowest BCUT2D eigenvalue weighted by molar-refractivity contribution is 0.0930. The number of carbonyl (C=O) groups is 1. The quantitative estimate of drug-likeness (QED) is 0.413. The van der Waals surface area contributed by atoms with E-state index in [1.807, 2.05) is 31.2 Å². The van der Waals surface area contributed by atoms with Crippen LogP contribution < -0.4 is 10.6 Å². The molecule has 3 aromatic heterocycles. The molecule has 8 heteroatoms. The third kappa shape index (κ3) is 3.22. The van der Waals surface area contributed by atoms with Crippen molar-refractivity contribution >= 4 is 27.8 Å². The molecule has 0 aliphatic heterocycles. The molecule has 1 aliphatic carbocycles. The van der Waals surface area contributed by atoms with Gasteiger partial charge >= 0.3 is 0 Å². The summed E-state index contributed by atoms with van der Waals surface area (Å²) in [4.78, 5) is 25.5. The lowest BCUT2D eigenvalue weighted by Crippen LogP contribution is -2.40. The number of nitrogens with one attached hydrogen (secondary N) is 4. The van der Waals surface area contributed by atoms with E-state index in [1.165, 1.54) is 12.8 Å². The van der Waals surface area contributed by atoms with Crippen molar-refractivity contribution in [3.8, 4) is 11.3 Å². The number of rotatable bonds is 6. The molecule has 4 N–H and O–H groups in total. The highest BCUT2D eigenvalue weighted by Gasteiger charge is 2.22. The SMILES string of the molecule is C[C@H](CNC1CC1)NC(=O)c1nc2cc3[nH][nH]c(-c4ccncc4)c3cc2n1. The molecule has 0 bridgehead atoms. The Morgan fingerprint density at radius 1 is 1.18 bits per heavy atom. The number of pyridine rings is 1. The molecule has 28 heavy (non-hydrogen) atoms. The fourth-order valence-electron chi connectivity index (χ4n) is 3.33. The zero-order valence-corrected chi connectivity index (χ0v) is 15.5. The summed E-state index contributed by atoms with van der Waals surface area (Å²) in [6.45, 7) is 2.74. The van der Waals surface area contributed by atoms with Crippen LogP contribution in [0.1, 0.15) is 30.4 Å². The number of aromatic nitrogens is 5. The van der Waals surface area contributed by atoms with Gasteiger partial charge < -0.3 is 15.7 Å². The molecule has 0 radical (unpaired) electrons. The fourth-order valence-corrected chi connectivity index (χ4v) is 3.33. The van der Waals surface area contributed by atoms with Gasteiger partial charge in [-0.2, -0.15) is 0 Å². The van der Waals surface area contributed by atoms with Crippen molar-refractivity contribution in [2.24, 2.45) is 0 Å². The molecule has 8 nitrogen and oxygen atoms in total. The zero-order chi connectivity index (χ0) is 19.1. The van der Waals surface area contributed by atoms with Crippen LogP contribution in [0.15, 0.2) is 36.7 Å². The van der Waals surface area contributed by atoms with E-state index in [2.05, 4.69) is 35.8 Å². The Balaban J connectivity index is 1.41. The van der Waals surface area contributed by atoms with Gasteiger partial charge in [0.25, 0.3) is 5.91 Å². The van der Waals surface area contributed by atoms with Gasteiger partial charge in [-0.05, 0) is 44.0 Å². The van der Waals surface area contributed by atoms with Gasteiger partial charge in [-0.25, -0.2) is 9.97 Å². The molecule has 1 atom stereocenters. The predicted octanol–water partition coefficient (Wildman–Crippen LogP) is 2.37. The summed E-state index contributed by atoms with van der Waals surface area (Å²) in [5.41, 5.74) is 4.28. The van der Waals surface area contributed by atoms with Crippen molar-refractivity contribution in [1.82, 2.24) is 35.8 Å². The maximum Gasteiger partial charge on any atom is 0.289 e. The molecule has 1 fully saturated rings. The molecule has 1 saturated carbocycles. The summed E-state index contributed by atoms with van der Waals surface area (Å²) in [5.74, 6) is -0.0405. The molecule has 3 heterocycles. The molecule has 0 spiro atoms. The third-order valence-corrected chi connectivity index (χ3v) is 5.00. The number of fused-ring (bicyclic) bond motifs is 2. The van der Waals surface area contributed by atoms with Crippen LogP contribution in [0.4, 0.5) is 0 Å². The minimum absolute atomic E-state index is 0.0252. The molecule has 1 amide bonds. The average Bonchev–Trinajstić information content (AvgIpc) is 3.30. The Hall–Kier alpha value is -3.26. The first kappa shape index (κ1) is 16.9. The highest BCUT2D eigenvalue weighted by atomic mass is 16.2. The number of hydrogen-bond acceptors (Lipinski definition) is 5. The molecule has 4 aromatic rings. The van der Waals surface area contributed by atoms with Crippen LogP contribution in [0, 0.1) is 0 Å². The van der Waals surface area contributed by atoms with Gasteiger partial charge in [0, 0.05) is 42.0 Å². The number of imidazole rings is 1. The smallest absolute Gasteiger partial charge is 0.289 e. The Kier molecular flexibility index (Phi) is 4.05. The average molecular weight is 375 g/mol. The second kappa shape index (κ2) is 6.72. The first-order valence-electron chi connectivity index (χ1n) is 9.50. The van der Waals surface area contributed by atoms with E-state index in [4.69, 9.17) is 0 Å². The van der Waals surface area contributed by atoms with Gasteiger partial charge in [0.2, 0.25) is 5.82 Å². The summed E-state index contributed by atoms with van der Waals surface area (Å²) in [5, 5.41) is 13.7. The van der Waals surface area contributed by atoms with E-state index in [0.29, 0.717) is 17.1 Å². The van der Waals surface area contributed by atoms with E-state index in [-0.39, 0.29) is 17.8 Å². The maximum absolute atomic E-state index is 12.5. The fraction of sp³-hybridized carbons (Fsp3) is 0.300. The Labute approximate surface area is 161 Å². The summed E-state index contributed by atoms with van der Waals surface area (Å²) in [6.07, 6.45) is 5.96. The van der Waals surface area contributed by atoms with E-state index in [0.717, 1.165) is 28.7 Å². The van der Waals surface area contributed by atoms with Crippen molar-refractivity contribution in [2.75, 3.05) is 6.54 Å². The highest BCUT2D eigenvalue weighted by Crippen LogP contribution is 2.28. The minimum Gasteiger partial charge on any atom is -0.346 e.